The fourth-order valence-electron chi connectivity index (χ4n) is 1.60. The van der Waals surface area contributed by atoms with E-state index in [9.17, 15) is 8.42 Å². The first-order chi connectivity index (χ1) is 9.38. The average Bonchev–Trinajstić information content (AvgIpc) is 2.78. The van der Waals surface area contributed by atoms with E-state index in [1.807, 2.05) is 0 Å². The van der Waals surface area contributed by atoms with Crippen molar-refractivity contribution in [1.82, 2.24) is 19.5 Å². The summed E-state index contributed by atoms with van der Waals surface area (Å²) in [5.41, 5.74) is 5.91. The van der Waals surface area contributed by atoms with Gasteiger partial charge < -0.3 is 5.73 Å². The summed E-state index contributed by atoms with van der Waals surface area (Å²) in [6.45, 7) is 0.178. The highest BCUT2D eigenvalue weighted by Gasteiger charge is 2.17. The lowest BCUT2D eigenvalue weighted by atomic mass is 10.3. The zero-order valence-electron chi connectivity index (χ0n) is 10.7. The lowest BCUT2D eigenvalue weighted by molar-refractivity contribution is 0.580. The van der Waals surface area contributed by atoms with Gasteiger partial charge in [-0.05, 0) is 18.2 Å². The summed E-state index contributed by atoms with van der Waals surface area (Å²) in [5, 5.41) is 4.19. The Morgan fingerprint density at radius 3 is 2.85 bits per heavy atom. The van der Waals surface area contributed by atoms with Crippen LogP contribution in [0.2, 0.25) is 5.02 Å². The Morgan fingerprint density at radius 1 is 1.45 bits per heavy atom. The minimum atomic E-state index is -3.70. The molecule has 0 unspecified atom stereocenters. The van der Waals surface area contributed by atoms with Gasteiger partial charge in [-0.2, -0.15) is 5.10 Å². The Labute approximate surface area is 121 Å². The van der Waals surface area contributed by atoms with Crippen LogP contribution in [0.5, 0.6) is 0 Å². The lowest BCUT2D eigenvalue weighted by Crippen LogP contribution is -2.26. The van der Waals surface area contributed by atoms with Crippen molar-refractivity contribution in [2.75, 3.05) is 12.3 Å². The molecular formula is C11H14ClN5O2S. The van der Waals surface area contributed by atoms with Crippen LogP contribution in [0.25, 0.3) is 0 Å². The standard InChI is InChI=1S/C11H14ClN5O2S/c1-17-7-14-11(16-17)4-5-15-20(18,19)10-6-8(13)2-3-9(10)12/h2-3,6-7,15H,4-5,13H2,1H3. The van der Waals surface area contributed by atoms with Crippen molar-refractivity contribution in [1.29, 1.82) is 0 Å². The highest BCUT2D eigenvalue weighted by Crippen LogP contribution is 2.23. The molecule has 9 heteroatoms. The largest absolute Gasteiger partial charge is 0.399 e. The SMILES string of the molecule is Cn1cnc(CCNS(=O)(=O)c2cc(N)ccc2Cl)n1. The molecule has 1 aromatic heterocycles. The minimum Gasteiger partial charge on any atom is -0.399 e. The summed E-state index contributed by atoms with van der Waals surface area (Å²) in [4.78, 5) is 3.98. The van der Waals surface area contributed by atoms with Gasteiger partial charge >= 0.3 is 0 Å². The second kappa shape index (κ2) is 5.78. The molecule has 0 saturated carbocycles. The molecule has 0 aliphatic rings. The van der Waals surface area contributed by atoms with Gasteiger partial charge in [0, 0.05) is 25.7 Å². The summed E-state index contributed by atoms with van der Waals surface area (Å²) in [6, 6.07) is 4.31. The van der Waals surface area contributed by atoms with Gasteiger partial charge in [0.15, 0.2) is 5.82 Å². The number of benzene rings is 1. The van der Waals surface area contributed by atoms with Gasteiger partial charge in [-0.1, -0.05) is 11.6 Å². The highest BCUT2D eigenvalue weighted by molar-refractivity contribution is 7.89. The van der Waals surface area contributed by atoms with Crippen LogP contribution >= 0.6 is 11.6 Å². The van der Waals surface area contributed by atoms with E-state index >= 15 is 0 Å². The maximum atomic E-state index is 12.1. The van der Waals surface area contributed by atoms with Gasteiger partial charge in [0.1, 0.15) is 11.2 Å². The molecule has 0 aliphatic heterocycles. The number of rotatable bonds is 5. The molecular weight excluding hydrogens is 302 g/mol. The summed E-state index contributed by atoms with van der Waals surface area (Å²) in [7, 11) is -1.96. The number of halogens is 1. The number of nitrogen functional groups attached to an aromatic ring is 1. The van der Waals surface area contributed by atoms with Gasteiger partial charge in [-0.3, -0.25) is 4.68 Å². The van der Waals surface area contributed by atoms with E-state index in [4.69, 9.17) is 17.3 Å². The average molecular weight is 316 g/mol. The molecule has 108 valence electrons. The van der Waals surface area contributed by atoms with E-state index in [0.717, 1.165) is 0 Å². The van der Waals surface area contributed by atoms with Crippen LogP contribution in [0.4, 0.5) is 5.69 Å². The Kier molecular flexibility index (Phi) is 4.26. The molecule has 1 aromatic carbocycles. The van der Waals surface area contributed by atoms with E-state index in [2.05, 4.69) is 14.8 Å². The molecule has 0 spiro atoms. The fourth-order valence-corrected chi connectivity index (χ4v) is 3.16. The fraction of sp³-hybridized carbons (Fsp3) is 0.273. The van der Waals surface area contributed by atoms with Crippen LogP contribution in [-0.4, -0.2) is 29.7 Å². The number of hydrogen-bond acceptors (Lipinski definition) is 5. The van der Waals surface area contributed by atoms with Crippen LogP contribution in [0.1, 0.15) is 5.82 Å². The number of anilines is 1. The molecule has 7 nitrogen and oxygen atoms in total. The molecule has 0 saturated heterocycles. The topological polar surface area (TPSA) is 103 Å². The molecule has 0 bridgehead atoms. The van der Waals surface area contributed by atoms with Crippen LogP contribution < -0.4 is 10.5 Å². The first-order valence-corrected chi connectivity index (χ1v) is 7.64. The Balaban J connectivity index is 2.06. The van der Waals surface area contributed by atoms with Crippen LogP contribution in [0, 0.1) is 0 Å². The number of sulfonamides is 1. The first-order valence-electron chi connectivity index (χ1n) is 5.78. The molecule has 0 atom stereocenters. The second-order valence-electron chi connectivity index (χ2n) is 4.17. The molecule has 0 aliphatic carbocycles. The van der Waals surface area contributed by atoms with E-state index in [1.54, 1.807) is 24.1 Å². The number of nitrogens with zero attached hydrogens (tertiary/aromatic N) is 3. The van der Waals surface area contributed by atoms with Crippen molar-refractivity contribution in [3.8, 4) is 0 Å². The normalized spacial score (nSPS) is 11.7. The molecule has 20 heavy (non-hydrogen) atoms. The zero-order valence-corrected chi connectivity index (χ0v) is 12.3. The number of nitrogens with two attached hydrogens (primary N) is 1. The monoisotopic (exact) mass is 315 g/mol. The van der Waals surface area contributed by atoms with E-state index in [1.165, 1.54) is 12.1 Å². The highest BCUT2D eigenvalue weighted by atomic mass is 35.5. The van der Waals surface area contributed by atoms with E-state index in [0.29, 0.717) is 17.9 Å². The van der Waals surface area contributed by atoms with Gasteiger partial charge in [0.25, 0.3) is 0 Å². The van der Waals surface area contributed by atoms with Crippen molar-refractivity contribution in [3.63, 3.8) is 0 Å². The number of aromatic nitrogens is 3. The van der Waals surface area contributed by atoms with Crippen molar-refractivity contribution >= 4 is 27.3 Å². The smallest absolute Gasteiger partial charge is 0.242 e. The molecule has 0 fully saturated rings. The first kappa shape index (κ1) is 14.8. The predicted octanol–water partition coefficient (Wildman–Crippen LogP) is 0.572. The predicted molar refractivity (Wildman–Crippen MR) is 75.8 cm³/mol. The van der Waals surface area contributed by atoms with Gasteiger partial charge in [-0.25, -0.2) is 18.1 Å². The van der Waals surface area contributed by atoms with Crippen LogP contribution in [0.15, 0.2) is 29.4 Å². The molecule has 3 N–H and O–H groups in total. The van der Waals surface area contributed by atoms with E-state index in [-0.39, 0.29) is 16.5 Å². The Morgan fingerprint density at radius 2 is 2.20 bits per heavy atom. The maximum absolute atomic E-state index is 12.1. The molecule has 0 amide bonds. The number of hydrogen-bond donors (Lipinski definition) is 2. The zero-order chi connectivity index (χ0) is 14.8. The molecule has 1 heterocycles. The minimum absolute atomic E-state index is 0.0341. The molecule has 2 rings (SSSR count). The third-order valence-electron chi connectivity index (χ3n) is 2.53. The summed E-state index contributed by atoms with van der Waals surface area (Å²) in [6.07, 6.45) is 1.94. The van der Waals surface area contributed by atoms with Crippen molar-refractivity contribution in [3.05, 3.63) is 35.4 Å². The molecule has 2 aromatic rings. The lowest BCUT2D eigenvalue weighted by Gasteiger charge is -2.08. The summed E-state index contributed by atoms with van der Waals surface area (Å²) >= 11 is 5.88. The van der Waals surface area contributed by atoms with Crippen molar-refractivity contribution in [2.45, 2.75) is 11.3 Å². The van der Waals surface area contributed by atoms with Gasteiger partial charge in [-0.15, -0.1) is 0 Å². The van der Waals surface area contributed by atoms with Gasteiger partial charge in [0.2, 0.25) is 10.0 Å². The van der Waals surface area contributed by atoms with E-state index < -0.39 is 10.0 Å². The number of nitrogens with one attached hydrogen (secondary N) is 1. The van der Waals surface area contributed by atoms with Crippen LogP contribution in [0.3, 0.4) is 0 Å². The maximum Gasteiger partial charge on any atom is 0.242 e. The molecule has 0 radical (unpaired) electrons. The van der Waals surface area contributed by atoms with Crippen molar-refractivity contribution < 1.29 is 8.42 Å². The van der Waals surface area contributed by atoms with Gasteiger partial charge in [0.05, 0.1) is 5.02 Å². The van der Waals surface area contributed by atoms with Crippen LogP contribution in [-0.2, 0) is 23.5 Å². The third kappa shape index (κ3) is 3.47. The quantitative estimate of drug-likeness (QED) is 0.785. The Bertz CT molecular complexity index is 713. The number of aryl methyl sites for hydroxylation is 1. The summed E-state index contributed by atoms with van der Waals surface area (Å²) in [5.74, 6) is 0.564. The van der Waals surface area contributed by atoms with Crippen molar-refractivity contribution in [2.24, 2.45) is 7.05 Å². The summed E-state index contributed by atoms with van der Waals surface area (Å²) < 4.78 is 28.2. The Hall–Kier alpha value is -1.64. The third-order valence-corrected chi connectivity index (χ3v) is 4.48. The second-order valence-corrected chi connectivity index (χ2v) is 6.31.